The molecule has 1 aromatic carbocycles. The predicted octanol–water partition coefficient (Wildman–Crippen LogP) is 1.43. The first-order valence-corrected chi connectivity index (χ1v) is 6.28. The molecule has 0 aliphatic rings. The Labute approximate surface area is 129 Å². The van der Waals surface area contributed by atoms with Crippen LogP contribution in [0.25, 0.3) is 0 Å². The summed E-state index contributed by atoms with van der Waals surface area (Å²) < 4.78 is 4.85. The van der Waals surface area contributed by atoms with Crippen molar-refractivity contribution in [3.05, 3.63) is 39.9 Å². The summed E-state index contributed by atoms with van der Waals surface area (Å²) in [5.74, 6) is -0.167. The zero-order valence-electron chi connectivity index (χ0n) is 12.0. The lowest BCUT2D eigenvalue weighted by molar-refractivity contribution is -0.384. The van der Waals surface area contributed by atoms with E-state index in [-0.39, 0.29) is 36.6 Å². The third kappa shape index (κ3) is 7.03. The summed E-state index contributed by atoms with van der Waals surface area (Å²) in [5.41, 5.74) is 0.714. The summed E-state index contributed by atoms with van der Waals surface area (Å²) in [4.78, 5) is 21.9. The Hall–Kier alpha value is -1.70. The lowest BCUT2D eigenvalue weighted by Gasteiger charge is -2.14. The van der Waals surface area contributed by atoms with Crippen molar-refractivity contribution in [2.24, 2.45) is 0 Å². The van der Waals surface area contributed by atoms with E-state index in [0.717, 1.165) is 0 Å². The third-order valence-electron chi connectivity index (χ3n) is 2.73. The van der Waals surface area contributed by atoms with Gasteiger partial charge >= 0.3 is 0 Å². The molecule has 7 nitrogen and oxygen atoms in total. The largest absolute Gasteiger partial charge is 0.383 e. The molecule has 0 spiro atoms. The van der Waals surface area contributed by atoms with Crippen molar-refractivity contribution in [2.45, 2.75) is 13.0 Å². The van der Waals surface area contributed by atoms with Gasteiger partial charge < -0.3 is 15.4 Å². The number of nitro groups is 1. The van der Waals surface area contributed by atoms with Crippen molar-refractivity contribution in [2.75, 3.05) is 26.8 Å². The fraction of sp³-hybridized carbons (Fsp3) is 0.462. The van der Waals surface area contributed by atoms with Gasteiger partial charge in [0.05, 0.1) is 24.1 Å². The highest BCUT2D eigenvalue weighted by Crippen LogP contribution is 2.18. The fourth-order valence-corrected chi connectivity index (χ4v) is 1.66. The van der Waals surface area contributed by atoms with Gasteiger partial charge in [-0.05, 0) is 12.5 Å². The molecule has 1 unspecified atom stereocenters. The van der Waals surface area contributed by atoms with Crippen LogP contribution in [0.2, 0.25) is 0 Å². The fourth-order valence-electron chi connectivity index (χ4n) is 1.66. The molecule has 0 saturated heterocycles. The average Bonchev–Trinajstić information content (AvgIpc) is 2.43. The lowest BCUT2D eigenvalue weighted by atomic mass is 10.1. The molecule has 0 bridgehead atoms. The van der Waals surface area contributed by atoms with Crippen LogP contribution in [0.4, 0.5) is 5.69 Å². The van der Waals surface area contributed by atoms with E-state index in [9.17, 15) is 14.9 Å². The van der Waals surface area contributed by atoms with Crippen LogP contribution in [0.3, 0.4) is 0 Å². The van der Waals surface area contributed by atoms with Crippen LogP contribution in [0.15, 0.2) is 24.3 Å². The monoisotopic (exact) mass is 317 g/mol. The molecule has 1 rings (SSSR count). The van der Waals surface area contributed by atoms with Crippen LogP contribution in [0.5, 0.6) is 0 Å². The highest BCUT2D eigenvalue weighted by atomic mass is 35.5. The molecule has 0 radical (unpaired) electrons. The number of nitro benzene ring substituents is 1. The molecule has 0 saturated carbocycles. The van der Waals surface area contributed by atoms with Gasteiger partial charge in [-0.25, -0.2) is 0 Å². The molecule has 1 atom stereocenters. The molecular weight excluding hydrogens is 298 g/mol. The van der Waals surface area contributed by atoms with Crippen molar-refractivity contribution < 1.29 is 14.5 Å². The Balaban J connectivity index is 0.00000400. The first-order chi connectivity index (χ1) is 9.54. The molecule has 0 aliphatic carbocycles. The molecule has 21 heavy (non-hydrogen) atoms. The number of hydrogen-bond acceptors (Lipinski definition) is 5. The number of ether oxygens (including phenoxy) is 1. The highest BCUT2D eigenvalue weighted by Gasteiger charge is 2.12. The van der Waals surface area contributed by atoms with Crippen LogP contribution < -0.4 is 10.6 Å². The Morgan fingerprint density at radius 1 is 1.48 bits per heavy atom. The van der Waals surface area contributed by atoms with E-state index >= 15 is 0 Å². The van der Waals surface area contributed by atoms with Crippen molar-refractivity contribution in [1.29, 1.82) is 0 Å². The minimum atomic E-state index is -0.454. The van der Waals surface area contributed by atoms with E-state index in [1.54, 1.807) is 26.2 Å². The number of rotatable bonds is 8. The smallest absolute Gasteiger partial charge is 0.269 e. The first-order valence-electron chi connectivity index (χ1n) is 6.28. The van der Waals surface area contributed by atoms with Gasteiger partial charge in [0.1, 0.15) is 0 Å². The minimum Gasteiger partial charge on any atom is -0.383 e. The SMILES string of the molecule is COCCNCC(=O)NC(C)c1cccc([N+](=O)[O-])c1.Cl. The Bertz CT molecular complexity index is 470. The summed E-state index contributed by atoms with van der Waals surface area (Å²) in [7, 11) is 1.59. The second-order valence-electron chi connectivity index (χ2n) is 4.31. The minimum absolute atomic E-state index is 0. The molecule has 0 aliphatic heterocycles. The predicted molar refractivity (Wildman–Crippen MR) is 81.6 cm³/mol. The molecule has 8 heteroatoms. The number of benzene rings is 1. The van der Waals surface area contributed by atoms with Gasteiger partial charge in [0, 0.05) is 25.8 Å². The normalized spacial score (nSPS) is 11.3. The van der Waals surface area contributed by atoms with Gasteiger partial charge in [-0.1, -0.05) is 12.1 Å². The van der Waals surface area contributed by atoms with Gasteiger partial charge in [0.25, 0.3) is 5.69 Å². The van der Waals surface area contributed by atoms with Crippen molar-refractivity contribution in [3.8, 4) is 0 Å². The van der Waals surface area contributed by atoms with Crippen LogP contribution in [-0.4, -0.2) is 37.6 Å². The van der Waals surface area contributed by atoms with Gasteiger partial charge in [0.15, 0.2) is 0 Å². The summed E-state index contributed by atoms with van der Waals surface area (Å²) in [5, 5.41) is 16.4. The van der Waals surface area contributed by atoms with Crippen molar-refractivity contribution >= 4 is 24.0 Å². The molecule has 1 aromatic rings. The average molecular weight is 318 g/mol. The molecule has 0 heterocycles. The summed E-state index contributed by atoms with van der Waals surface area (Å²) in [6.07, 6.45) is 0. The second kappa shape index (κ2) is 10.1. The van der Waals surface area contributed by atoms with Crippen molar-refractivity contribution in [3.63, 3.8) is 0 Å². The number of hydrogen-bond donors (Lipinski definition) is 2. The van der Waals surface area contributed by atoms with Gasteiger partial charge in [-0.3, -0.25) is 14.9 Å². The van der Waals surface area contributed by atoms with E-state index in [1.807, 2.05) is 0 Å². The zero-order valence-corrected chi connectivity index (χ0v) is 12.8. The molecule has 1 amide bonds. The van der Waals surface area contributed by atoms with Crippen LogP contribution in [-0.2, 0) is 9.53 Å². The zero-order chi connectivity index (χ0) is 15.0. The maximum absolute atomic E-state index is 11.7. The number of amides is 1. The van der Waals surface area contributed by atoms with E-state index in [1.165, 1.54) is 12.1 Å². The van der Waals surface area contributed by atoms with Crippen LogP contribution in [0, 0.1) is 10.1 Å². The first kappa shape index (κ1) is 19.3. The number of nitrogens with one attached hydrogen (secondary N) is 2. The number of carbonyl (C=O) groups excluding carboxylic acids is 1. The molecule has 0 fully saturated rings. The number of non-ortho nitro benzene ring substituents is 1. The van der Waals surface area contributed by atoms with Gasteiger partial charge in [0.2, 0.25) is 5.91 Å². The standard InChI is InChI=1S/C13H19N3O4.ClH/c1-10(15-13(17)9-14-6-7-20-2)11-4-3-5-12(8-11)16(18)19;/h3-5,8,10,14H,6-7,9H2,1-2H3,(H,15,17);1H. The second-order valence-corrected chi connectivity index (χ2v) is 4.31. The van der Waals surface area contributed by atoms with E-state index in [2.05, 4.69) is 10.6 Å². The highest BCUT2D eigenvalue weighted by molar-refractivity contribution is 5.85. The maximum Gasteiger partial charge on any atom is 0.269 e. The van der Waals surface area contributed by atoms with Gasteiger partial charge in [-0.2, -0.15) is 0 Å². The number of carbonyl (C=O) groups is 1. The molecular formula is C13H20ClN3O4. The lowest BCUT2D eigenvalue weighted by Crippen LogP contribution is -2.36. The third-order valence-corrected chi connectivity index (χ3v) is 2.73. The summed E-state index contributed by atoms with van der Waals surface area (Å²) >= 11 is 0. The molecule has 2 N–H and O–H groups in total. The van der Waals surface area contributed by atoms with Gasteiger partial charge in [-0.15, -0.1) is 12.4 Å². The van der Waals surface area contributed by atoms with Crippen LogP contribution >= 0.6 is 12.4 Å². The summed E-state index contributed by atoms with van der Waals surface area (Å²) in [6, 6.07) is 5.95. The van der Waals surface area contributed by atoms with E-state index < -0.39 is 4.92 Å². The molecule has 118 valence electrons. The topological polar surface area (TPSA) is 93.5 Å². The Kier molecular flexibility index (Phi) is 9.27. The number of methoxy groups -OCH3 is 1. The maximum atomic E-state index is 11.7. The van der Waals surface area contributed by atoms with Crippen LogP contribution in [0.1, 0.15) is 18.5 Å². The quantitative estimate of drug-likeness (QED) is 0.430. The molecule has 0 aromatic heterocycles. The van der Waals surface area contributed by atoms with Crippen molar-refractivity contribution in [1.82, 2.24) is 10.6 Å². The Morgan fingerprint density at radius 2 is 2.19 bits per heavy atom. The number of halogens is 1. The van der Waals surface area contributed by atoms with E-state index in [0.29, 0.717) is 18.7 Å². The summed E-state index contributed by atoms with van der Waals surface area (Å²) in [6.45, 7) is 3.09. The Morgan fingerprint density at radius 3 is 2.81 bits per heavy atom. The van der Waals surface area contributed by atoms with E-state index in [4.69, 9.17) is 4.74 Å². The number of nitrogens with zero attached hydrogens (tertiary/aromatic N) is 1.